The van der Waals surface area contributed by atoms with E-state index in [1.54, 1.807) is 6.08 Å². The molecule has 6 nitrogen and oxygen atoms in total. The van der Waals surface area contributed by atoms with E-state index < -0.39 is 12.1 Å². The molecule has 0 radical (unpaired) electrons. The molecule has 87 heavy (non-hydrogen) atoms. The molecule has 514 valence electrons. The predicted octanol–water partition coefficient (Wildman–Crippen LogP) is 26.2. The average molecular weight is 1220 g/mol. The lowest BCUT2D eigenvalue weighted by Gasteiger charge is -2.20. The Balaban J connectivity index is 3.38. The van der Waals surface area contributed by atoms with Crippen molar-refractivity contribution < 1.29 is 24.5 Å². The van der Waals surface area contributed by atoms with Gasteiger partial charge in [0.2, 0.25) is 5.91 Å². The van der Waals surface area contributed by atoms with Gasteiger partial charge in [-0.05, 0) is 64.2 Å². The smallest absolute Gasteiger partial charge is 0.305 e. The zero-order valence-electron chi connectivity index (χ0n) is 59.0. The molecule has 0 aromatic carbocycles. The standard InChI is InChI=1S/C81H155NO5/c1-3-5-7-9-11-13-15-17-18-19-20-38-41-44-47-50-53-57-61-65-69-73-79(84)78(77-83)82-80(85)74-70-66-62-58-54-51-48-45-42-39-36-34-32-30-28-26-24-22-21-23-25-27-29-31-33-35-37-40-43-46-49-52-56-60-64-68-72-76-87-81(86)75-71-67-63-59-55-16-14-12-10-8-6-4-2/h21,23,27,29,69,73,78-79,83-84H,3-20,22,24-26,28,30-68,70-72,74-77H2,1-2H3,(H,82,85)/b23-21-,29-27-,73-69+. The minimum absolute atomic E-state index is 0.0199. The highest BCUT2D eigenvalue weighted by Gasteiger charge is 2.18. The highest BCUT2D eigenvalue weighted by Crippen LogP contribution is 2.20. The number of aliphatic hydroxyl groups is 2. The number of carbonyl (C=O) groups is 2. The van der Waals surface area contributed by atoms with Gasteiger partial charge in [-0.25, -0.2) is 0 Å². The van der Waals surface area contributed by atoms with Crippen LogP contribution in [0.4, 0.5) is 0 Å². The first-order valence-electron chi connectivity index (χ1n) is 39.8. The molecule has 0 fully saturated rings. The third-order valence-electron chi connectivity index (χ3n) is 18.7. The average Bonchev–Trinajstić information content (AvgIpc) is 3.53. The topological polar surface area (TPSA) is 95.9 Å². The maximum atomic E-state index is 12.5. The summed E-state index contributed by atoms with van der Waals surface area (Å²) in [6.07, 6.45) is 99.9. The fourth-order valence-corrected chi connectivity index (χ4v) is 12.6. The van der Waals surface area contributed by atoms with Crippen molar-refractivity contribution >= 4 is 11.9 Å². The molecule has 0 aromatic heterocycles. The van der Waals surface area contributed by atoms with Crippen molar-refractivity contribution in [3.8, 4) is 0 Å². The van der Waals surface area contributed by atoms with E-state index in [1.807, 2.05) is 6.08 Å². The molecule has 0 saturated heterocycles. The third-order valence-corrected chi connectivity index (χ3v) is 18.7. The van der Waals surface area contributed by atoms with E-state index in [0.717, 1.165) is 44.9 Å². The van der Waals surface area contributed by atoms with Gasteiger partial charge in [0.05, 0.1) is 25.4 Å². The Morgan fingerprint density at radius 3 is 0.874 bits per heavy atom. The van der Waals surface area contributed by atoms with E-state index >= 15 is 0 Å². The lowest BCUT2D eigenvalue weighted by atomic mass is 10.0. The molecule has 2 unspecified atom stereocenters. The van der Waals surface area contributed by atoms with E-state index in [9.17, 15) is 19.8 Å². The number of hydrogen-bond acceptors (Lipinski definition) is 5. The van der Waals surface area contributed by atoms with Crippen LogP contribution in [-0.2, 0) is 14.3 Å². The summed E-state index contributed by atoms with van der Waals surface area (Å²) < 4.78 is 5.49. The van der Waals surface area contributed by atoms with E-state index in [2.05, 4.69) is 43.5 Å². The van der Waals surface area contributed by atoms with Crippen molar-refractivity contribution in [2.45, 2.75) is 456 Å². The highest BCUT2D eigenvalue weighted by molar-refractivity contribution is 5.76. The fourth-order valence-electron chi connectivity index (χ4n) is 12.6. The van der Waals surface area contributed by atoms with Gasteiger partial charge >= 0.3 is 5.97 Å². The number of esters is 1. The van der Waals surface area contributed by atoms with Gasteiger partial charge in [-0.2, -0.15) is 0 Å². The summed E-state index contributed by atoms with van der Waals surface area (Å²) in [5.74, 6) is -0.0409. The molecule has 0 spiro atoms. The minimum Gasteiger partial charge on any atom is -0.466 e. The summed E-state index contributed by atoms with van der Waals surface area (Å²) in [5, 5.41) is 23.3. The van der Waals surface area contributed by atoms with Gasteiger partial charge < -0.3 is 20.3 Å². The van der Waals surface area contributed by atoms with Gasteiger partial charge in [-0.3, -0.25) is 9.59 Å². The first-order valence-corrected chi connectivity index (χ1v) is 39.8. The second-order valence-corrected chi connectivity index (χ2v) is 27.4. The van der Waals surface area contributed by atoms with Crippen molar-refractivity contribution in [3.05, 3.63) is 36.5 Å². The summed E-state index contributed by atoms with van der Waals surface area (Å²) in [5.41, 5.74) is 0. The van der Waals surface area contributed by atoms with Crippen LogP contribution >= 0.6 is 0 Å². The molecule has 0 heterocycles. The van der Waals surface area contributed by atoms with Crippen LogP contribution < -0.4 is 5.32 Å². The summed E-state index contributed by atoms with van der Waals surface area (Å²) >= 11 is 0. The molecule has 6 heteroatoms. The minimum atomic E-state index is -0.844. The van der Waals surface area contributed by atoms with Crippen LogP contribution in [0.25, 0.3) is 0 Å². The van der Waals surface area contributed by atoms with Crippen molar-refractivity contribution in [3.63, 3.8) is 0 Å². The molecule has 0 bridgehead atoms. The van der Waals surface area contributed by atoms with Crippen LogP contribution in [0.5, 0.6) is 0 Å². The molecule has 0 aromatic rings. The first-order chi connectivity index (χ1) is 43.0. The Morgan fingerprint density at radius 1 is 0.322 bits per heavy atom. The number of ether oxygens (including phenoxy) is 1. The third kappa shape index (κ3) is 73.0. The van der Waals surface area contributed by atoms with Crippen LogP contribution in [0.1, 0.15) is 444 Å². The molecule has 0 rings (SSSR count). The van der Waals surface area contributed by atoms with Crippen molar-refractivity contribution in [1.29, 1.82) is 0 Å². The second-order valence-electron chi connectivity index (χ2n) is 27.4. The summed E-state index contributed by atoms with van der Waals surface area (Å²) in [6, 6.07) is -0.627. The zero-order chi connectivity index (χ0) is 62.8. The van der Waals surface area contributed by atoms with Crippen LogP contribution in [0.15, 0.2) is 36.5 Å². The van der Waals surface area contributed by atoms with Crippen LogP contribution in [0, 0.1) is 0 Å². The Hall–Kier alpha value is -1.92. The first kappa shape index (κ1) is 85.1. The van der Waals surface area contributed by atoms with E-state index in [4.69, 9.17) is 4.74 Å². The summed E-state index contributed by atoms with van der Waals surface area (Å²) in [6.45, 7) is 4.95. The molecule has 0 saturated carbocycles. The van der Waals surface area contributed by atoms with E-state index in [1.165, 1.54) is 372 Å². The number of allylic oxidation sites excluding steroid dienone is 5. The maximum absolute atomic E-state index is 12.5. The number of rotatable bonds is 75. The summed E-state index contributed by atoms with van der Waals surface area (Å²) in [4.78, 5) is 24.6. The lowest BCUT2D eigenvalue weighted by molar-refractivity contribution is -0.143. The Morgan fingerprint density at radius 2 is 0.575 bits per heavy atom. The van der Waals surface area contributed by atoms with Crippen LogP contribution in [-0.4, -0.2) is 47.4 Å². The van der Waals surface area contributed by atoms with Gasteiger partial charge in [-0.1, -0.05) is 403 Å². The van der Waals surface area contributed by atoms with Gasteiger partial charge in [0, 0.05) is 12.8 Å². The Labute approximate surface area is 544 Å². The normalized spacial score (nSPS) is 12.6. The zero-order valence-corrected chi connectivity index (χ0v) is 59.0. The molecule has 0 aliphatic rings. The summed E-state index contributed by atoms with van der Waals surface area (Å²) in [7, 11) is 0. The predicted molar refractivity (Wildman–Crippen MR) is 384 cm³/mol. The van der Waals surface area contributed by atoms with Gasteiger partial charge in [0.1, 0.15) is 0 Å². The number of aliphatic hydroxyl groups excluding tert-OH is 2. The van der Waals surface area contributed by atoms with Crippen molar-refractivity contribution in [1.82, 2.24) is 5.32 Å². The SMILES string of the molecule is CCCCCCCCCCCCCCCCCCCCC/C=C/C(O)C(CO)NC(=O)CCCCCCCCCCCCCCCCCCC/C=C\C/C=C\CCCCCCCCCCCCCCCOC(=O)CCCCCCCCCCCCCC. The molecular formula is C81H155NO5. The van der Waals surface area contributed by atoms with Gasteiger partial charge in [-0.15, -0.1) is 0 Å². The van der Waals surface area contributed by atoms with Gasteiger partial charge in [0.25, 0.3) is 0 Å². The maximum Gasteiger partial charge on any atom is 0.305 e. The highest BCUT2D eigenvalue weighted by atomic mass is 16.5. The molecule has 2 atom stereocenters. The molecule has 0 aliphatic heterocycles. The molecular weight excluding hydrogens is 1070 g/mol. The van der Waals surface area contributed by atoms with Crippen molar-refractivity contribution in [2.24, 2.45) is 0 Å². The monoisotopic (exact) mass is 1220 g/mol. The number of carbonyl (C=O) groups excluding carboxylic acids is 2. The number of hydrogen-bond donors (Lipinski definition) is 3. The van der Waals surface area contributed by atoms with Crippen LogP contribution in [0.2, 0.25) is 0 Å². The Kier molecular flexibility index (Phi) is 74.8. The van der Waals surface area contributed by atoms with E-state index in [-0.39, 0.29) is 18.5 Å². The molecule has 1 amide bonds. The van der Waals surface area contributed by atoms with Gasteiger partial charge in [0.15, 0.2) is 0 Å². The largest absolute Gasteiger partial charge is 0.466 e. The lowest BCUT2D eigenvalue weighted by Crippen LogP contribution is -2.45. The quantitative estimate of drug-likeness (QED) is 0.0320. The Bertz CT molecular complexity index is 1410. The number of amides is 1. The van der Waals surface area contributed by atoms with Crippen molar-refractivity contribution in [2.75, 3.05) is 13.2 Å². The van der Waals surface area contributed by atoms with Crippen LogP contribution in [0.3, 0.4) is 0 Å². The van der Waals surface area contributed by atoms with E-state index in [0.29, 0.717) is 19.4 Å². The molecule has 0 aliphatic carbocycles. The fraction of sp³-hybridized carbons (Fsp3) is 0.901. The second kappa shape index (κ2) is 76.5. The number of nitrogens with one attached hydrogen (secondary N) is 1. The molecule has 3 N–H and O–H groups in total. The number of unbranched alkanes of at least 4 members (excludes halogenated alkanes) is 60.